The maximum absolute atomic E-state index is 12.7. The highest BCUT2D eigenvalue weighted by atomic mass is 31.2. The molecule has 0 rings (SSSR count). The van der Waals surface area contributed by atoms with E-state index in [0.29, 0.717) is 23.9 Å². The van der Waals surface area contributed by atoms with Crippen molar-refractivity contribution < 1.29 is 47.2 Å². The van der Waals surface area contributed by atoms with Crippen molar-refractivity contribution >= 4 is 19.8 Å². The van der Waals surface area contributed by atoms with Gasteiger partial charge in [0.25, 0.3) is 7.82 Å². The zero-order valence-corrected chi connectivity index (χ0v) is 36.9. The van der Waals surface area contributed by atoms with Gasteiger partial charge < -0.3 is 33.0 Å². The summed E-state index contributed by atoms with van der Waals surface area (Å²) in [5.74, 6) is -0.888. The number of aliphatic hydroxyl groups is 1. The number of carbonyl (C=O) groups is 2. The van der Waals surface area contributed by atoms with Gasteiger partial charge in [0.1, 0.15) is 19.8 Å². The lowest BCUT2D eigenvalue weighted by atomic mass is 10.1. The van der Waals surface area contributed by atoms with E-state index in [4.69, 9.17) is 18.5 Å². The van der Waals surface area contributed by atoms with Crippen molar-refractivity contribution in [3.63, 3.8) is 0 Å². The number of unbranched alkanes of at least 4 members (excludes halogenated alkanes) is 19. The van der Waals surface area contributed by atoms with Gasteiger partial charge in [0, 0.05) is 12.8 Å². The van der Waals surface area contributed by atoms with E-state index in [1.165, 1.54) is 64.2 Å². The summed E-state index contributed by atoms with van der Waals surface area (Å²) < 4.78 is 33.8. The van der Waals surface area contributed by atoms with Crippen LogP contribution in [0.3, 0.4) is 0 Å². The van der Waals surface area contributed by atoms with Crippen LogP contribution in [0.25, 0.3) is 0 Å². The first-order valence-corrected chi connectivity index (χ1v) is 23.6. The smallest absolute Gasteiger partial charge is 0.306 e. The molecular formula is C44H84NO9P. The molecule has 2 unspecified atom stereocenters. The number of carbonyl (C=O) groups excluding carboxylic acids is 2. The third-order valence-corrected chi connectivity index (χ3v) is 10.5. The van der Waals surface area contributed by atoms with Crippen molar-refractivity contribution in [1.82, 2.24) is 0 Å². The van der Waals surface area contributed by atoms with Crippen LogP contribution < -0.4 is 4.89 Å². The second kappa shape index (κ2) is 36.8. The molecule has 0 saturated heterocycles. The number of hydrogen-bond acceptors (Lipinski definition) is 9. The molecule has 0 amide bonds. The third-order valence-electron chi connectivity index (χ3n) is 9.52. The average Bonchev–Trinajstić information content (AvgIpc) is 3.13. The summed E-state index contributed by atoms with van der Waals surface area (Å²) in [4.78, 5) is 37.5. The van der Waals surface area contributed by atoms with Crippen LogP contribution in [0.4, 0.5) is 0 Å². The predicted molar refractivity (Wildman–Crippen MR) is 224 cm³/mol. The van der Waals surface area contributed by atoms with E-state index in [1.54, 1.807) is 0 Å². The highest BCUT2D eigenvalue weighted by molar-refractivity contribution is 7.45. The van der Waals surface area contributed by atoms with Gasteiger partial charge in [-0.05, 0) is 64.2 Å². The summed E-state index contributed by atoms with van der Waals surface area (Å²) >= 11 is 0. The van der Waals surface area contributed by atoms with Crippen LogP contribution in [0, 0.1) is 0 Å². The maximum Gasteiger partial charge on any atom is 0.306 e. The summed E-state index contributed by atoms with van der Waals surface area (Å²) in [7, 11) is 1.12. The van der Waals surface area contributed by atoms with E-state index in [-0.39, 0.29) is 32.2 Å². The van der Waals surface area contributed by atoms with Crippen LogP contribution in [0.15, 0.2) is 24.3 Å². The van der Waals surface area contributed by atoms with Crippen LogP contribution in [0.2, 0.25) is 0 Å². The van der Waals surface area contributed by atoms with Gasteiger partial charge in [0.15, 0.2) is 6.10 Å². The number of allylic oxidation sites excluding steroid dienone is 3. The number of hydrogen-bond donors (Lipinski definition) is 1. The van der Waals surface area contributed by atoms with Crippen LogP contribution in [-0.2, 0) is 32.7 Å². The number of phosphoric acid groups is 1. The molecular weight excluding hydrogens is 717 g/mol. The van der Waals surface area contributed by atoms with Gasteiger partial charge in [-0.15, -0.1) is 0 Å². The van der Waals surface area contributed by atoms with E-state index >= 15 is 0 Å². The zero-order valence-electron chi connectivity index (χ0n) is 36.0. The Balaban J connectivity index is 4.42. The molecule has 0 heterocycles. The molecule has 3 atom stereocenters. The Morgan fingerprint density at radius 1 is 0.636 bits per heavy atom. The standard InChI is InChI=1S/C44H84NO9P/c1-6-8-10-12-13-14-15-16-17-18-19-20-25-28-32-36-44(48)54-42(40-53-55(49,50)52-38-37-45(3,4)5)39-51-43(47)35-31-27-24-22-21-23-26-30-34-41(46)33-29-11-9-7-2/h16-17,26,30,41-42,46H,6-15,18-25,27-29,31-40H2,1-5H3/b17-16-,30-26+/t41?,42-/m1/s1. The molecule has 11 heteroatoms. The summed E-state index contributed by atoms with van der Waals surface area (Å²) in [6.45, 7) is 4.09. The van der Waals surface area contributed by atoms with Gasteiger partial charge in [0.05, 0.1) is 33.9 Å². The molecule has 10 nitrogen and oxygen atoms in total. The summed E-state index contributed by atoms with van der Waals surface area (Å²) in [5, 5.41) is 10.1. The predicted octanol–water partition coefficient (Wildman–Crippen LogP) is 10.7. The average molecular weight is 802 g/mol. The molecule has 0 aromatic carbocycles. The molecule has 1 N–H and O–H groups in total. The molecule has 0 spiro atoms. The van der Waals surface area contributed by atoms with Gasteiger partial charge in [-0.25, -0.2) is 0 Å². The number of quaternary nitrogens is 1. The number of phosphoric ester groups is 1. The van der Waals surface area contributed by atoms with Crippen molar-refractivity contribution in [3.05, 3.63) is 24.3 Å². The van der Waals surface area contributed by atoms with Gasteiger partial charge in [-0.2, -0.15) is 0 Å². The number of rotatable bonds is 40. The molecule has 0 aliphatic carbocycles. The summed E-state index contributed by atoms with van der Waals surface area (Å²) in [6.07, 6.45) is 35.1. The van der Waals surface area contributed by atoms with E-state index in [0.717, 1.165) is 83.5 Å². The van der Waals surface area contributed by atoms with E-state index < -0.39 is 32.5 Å². The molecule has 0 aromatic heterocycles. The lowest BCUT2D eigenvalue weighted by molar-refractivity contribution is -0.870. The van der Waals surface area contributed by atoms with Crippen molar-refractivity contribution in [2.24, 2.45) is 0 Å². The molecule has 324 valence electrons. The molecule has 0 aliphatic heterocycles. The fraction of sp³-hybridized carbons (Fsp3) is 0.864. The van der Waals surface area contributed by atoms with Crippen LogP contribution >= 0.6 is 7.82 Å². The van der Waals surface area contributed by atoms with Gasteiger partial charge in [-0.3, -0.25) is 14.2 Å². The Morgan fingerprint density at radius 2 is 1.11 bits per heavy atom. The van der Waals surface area contributed by atoms with Crippen LogP contribution in [-0.4, -0.2) is 81.2 Å². The van der Waals surface area contributed by atoms with E-state index in [1.807, 2.05) is 21.1 Å². The number of likely N-dealkylation sites (N-methyl/N-ethyl adjacent to an activating group) is 1. The number of aliphatic hydroxyl groups excluding tert-OH is 1. The Bertz CT molecular complexity index is 1010. The minimum Gasteiger partial charge on any atom is -0.756 e. The third kappa shape index (κ3) is 40.4. The van der Waals surface area contributed by atoms with E-state index in [2.05, 4.69) is 38.2 Å². The van der Waals surface area contributed by atoms with Crippen molar-refractivity contribution in [3.8, 4) is 0 Å². The number of ether oxygens (including phenoxy) is 2. The Kier molecular flexibility index (Phi) is 35.7. The largest absolute Gasteiger partial charge is 0.756 e. The first-order valence-electron chi connectivity index (χ1n) is 22.1. The Morgan fingerprint density at radius 3 is 1.65 bits per heavy atom. The lowest BCUT2D eigenvalue weighted by Gasteiger charge is -2.28. The van der Waals surface area contributed by atoms with Crippen LogP contribution in [0.1, 0.15) is 187 Å². The monoisotopic (exact) mass is 802 g/mol. The normalized spacial score (nSPS) is 14.4. The van der Waals surface area contributed by atoms with Crippen molar-refractivity contribution in [2.45, 2.75) is 199 Å². The quantitative estimate of drug-likeness (QED) is 0.0211. The minimum absolute atomic E-state index is 0.0424. The second-order valence-electron chi connectivity index (χ2n) is 16.2. The minimum atomic E-state index is -4.64. The second-order valence-corrected chi connectivity index (χ2v) is 17.6. The number of esters is 2. The van der Waals surface area contributed by atoms with E-state index in [9.17, 15) is 24.2 Å². The van der Waals surface area contributed by atoms with Crippen molar-refractivity contribution in [1.29, 1.82) is 0 Å². The molecule has 55 heavy (non-hydrogen) atoms. The topological polar surface area (TPSA) is 131 Å². The fourth-order valence-electron chi connectivity index (χ4n) is 5.95. The lowest BCUT2D eigenvalue weighted by Crippen LogP contribution is -2.37. The highest BCUT2D eigenvalue weighted by Crippen LogP contribution is 2.38. The van der Waals surface area contributed by atoms with Gasteiger partial charge in [-0.1, -0.05) is 134 Å². The maximum atomic E-state index is 12.7. The first kappa shape index (κ1) is 53.5. The Labute approximate surface area is 337 Å². The summed E-state index contributed by atoms with van der Waals surface area (Å²) in [6, 6.07) is 0. The molecule has 0 aromatic rings. The Hall–Kier alpha value is -1.55. The fourth-order valence-corrected chi connectivity index (χ4v) is 6.68. The highest BCUT2D eigenvalue weighted by Gasteiger charge is 2.21. The molecule has 0 radical (unpaired) electrons. The molecule has 0 saturated carbocycles. The molecule has 0 fully saturated rings. The van der Waals surface area contributed by atoms with Crippen molar-refractivity contribution in [2.75, 3.05) is 47.5 Å². The SMILES string of the molecule is CCCCCCCC/C=C\CCCCCCCC(=O)O[C@H](COC(=O)CCCCCCC/C=C/CC(O)CCCCCC)COP(=O)([O-])OCC[N+](C)(C)C. The molecule has 0 bridgehead atoms. The first-order chi connectivity index (χ1) is 26.4. The van der Waals surface area contributed by atoms with Gasteiger partial charge >= 0.3 is 11.9 Å². The number of nitrogens with zero attached hydrogens (tertiary/aromatic N) is 1. The zero-order chi connectivity index (χ0) is 40.9. The van der Waals surface area contributed by atoms with Crippen LogP contribution in [0.5, 0.6) is 0 Å². The van der Waals surface area contributed by atoms with Gasteiger partial charge in [0.2, 0.25) is 0 Å². The molecule has 0 aliphatic rings. The summed E-state index contributed by atoms with van der Waals surface area (Å²) in [5.41, 5.74) is 0.